The van der Waals surface area contributed by atoms with E-state index in [4.69, 9.17) is 4.74 Å². The second-order valence-electron chi connectivity index (χ2n) is 7.08. The molecule has 2 heterocycles. The fourth-order valence-electron chi connectivity index (χ4n) is 3.52. The molecule has 1 aliphatic rings. The number of likely N-dealkylation sites (tertiary alicyclic amines) is 1. The largest absolute Gasteiger partial charge is 0.457 e. The van der Waals surface area contributed by atoms with E-state index in [9.17, 15) is 9.59 Å². The first-order valence-electron chi connectivity index (χ1n) is 9.66. The average Bonchev–Trinajstić information content (AvgIpc) is 3.28. The van der Waals surface area contributed by atoms with Gasteiger partial charge in [-0.1, -0.05) is 18.2 Å². The van der Waals surface area contributed by atoms with Gasteiger partial charge in [-0.2, -0.15) is 5.10 Å². The predicted octanol–water partition coefficient (Wildman–Crippen LogP) is 3.19. The van der Waals surface area contributed by atoms with Crippen molar-refractivity contribution in [3.8, 4) is 11.5 Å². The first-order chi connectivity index (χ1) is 14.2. The molecule has 0 saturated carbocycles. The number of benzene rings is 2. The van der Waals surface area contributed by atoms with Crippen LogP contribution in [-0.4, -0.2) is 44.4 Å². The number of rotatable bonds is 6. The van der Waals surface area contributed by atoms with E-state index in [0.717, 1.165) is 18.6 Å². The Bertz CT molecular complexity index is 955. The number of ketones is 1. The highest BCUT2D eigenvalue weighted by atomic mass is 16.5. The summed E-state index contributed by atoms with van der Waals surface area (Å²) in [6.45, 7) is 1.25. The number of aromatic nitrogens is 3. The van der Waals surface area contributed by atoms with E-state index < -0.39 is 0 Å². The molecular formula is C22H22N4O3. The van der Waals surface area contributed by atoms with Gasteiger partial charge in [0.25, 0.3) is 0 Å². The zero-order valence-corrected chi connectivity index (χ0v) is 16.0. The van der Waals surface area contributed by atoms with Crippen molar-refractivity contribution in [2.24, 2.45) is 5.92 Å². The molecule has 29 heavy (non-hydrogen) atoms. The lowest BCUT2D eigenvalue weighted by Crippen LogP contribution is -2.43. The van der Waals surface area contributed by atoms with Crippen LogP contribution in [-0.2, 0) is 11.3 Å². The third-order valence-electron chi connectivity index (χ3n) is 5.03. The minimum absolute atomic E-state index is 0.0420. The molecule has 3 aromatic rings. The predicted molar refractivity (Wildman–Crippen MR) is 107 cm³/mol. The molecular weight excluding hydrogens is 368 g/mol. The normalized spacial score (nSPS) is 16.4. The summed E-state index contributed by atoms with van der Waals surface area (Å²) in [4.78, 5) is 31.1. The second-order valence-corrected chi connectivity index (χ2v) is 7.08. The van der Waals surface area contributed by atoms with Gasteiger partial charge in [-0.25, -0.2) is 9.67 Å². The molecule has 2 aromatic carbocycles. The standard InChI is InChI=1S/C22H22N4O3/c27-21(14-26-16-23-15-24-26)25-12-4-5-18(13-25)22(28)17-8-10-20(11-9-17)29-19-6-2-1-3-7-19/h1-3,6-11,15-16,18H,4-5,12-14H2/t18-/m1/s1. The number of nitrogens with zero attached hydrogens (tertiary/aromatic N) is 4. The highest BCUT2D eigenvalue weighted by molar-refractivity contribution is 5.98. The SMILES string of the molecule is O=C(c1ccc(Oc2ccccc2)cc1)[C@@H]1CCCN(C(=O)Cn2cncn2)C1. The van der Waals surface area contributed by atoms with Crippen molar-refractivity contribution in [3.63, 3.8) is 0 Å². The van der Waals surface area contributed by atoms with Gasteiger partial charge in [-0.05, 0) is 49.2 Å². The van der Waals surface area contributed by atoms with Crippen molar-refractivity contribution in [1.29, 1.82) is 0 Å². The quantitative estimate of drug-likeness (QED) is 0.604. The molecule has 0 bridgehead atoms. The van der Waals surface area contributed by atoms with Crippen LogP contribution in [0.1, 0.15) is 23.2 Å². The molecule has 7 nitrogen and oxygen atoms in total. The van der Waals surface area contributed by atoms with Crippen molar-refractivity contribution in [3.05, 3.63) is 72.8 Å². The maximum absolute atomic E-state index is 12.9. The highest BCUT2D eigenvalue weighted by Crippen LogP contribution is 2.25. The zero-order valence-electron chi connectivity index (χ0n) is 16.0. The minimum Gasteiger partial charge on any atom is -0.457 e. The number of ether oxygens (including phenoxy) is 1. The van der Waals surface area contributed by atoms with E-state index in [2.05, 4.69) is 10.1 Å². The van der Waals surface area contributed by atoms with Crippen LogP contribution in [0, 0.1) is 5.92 Å². The maximum atomic E-state index is 12.9. The number of amides is 1. The van der Waals surface area contributed by atoms with E-state index in [0.29, 0.717) is 24.4 Å². The van der Waals surface area contributed by atoms with Crippen molar-refractivity contribution >= 4 is 11.7 Å². The monoisotopic (exact) mass is 390 g/mol. The van der Waals surface area contributed by atoms with Crippen LogP contribution in [0.3, 0.4) is 0 Å². The van der Waals surface area contributed by atoms with Gasteiger partial charge in [0.2, 0.25) is 5.91 Å². The van der Waals surface area contributed by atoms with Crippen LogP contribution in [0.4, 0.5) is 0 Å². The van der Waals surface area contributed by atoms with Crippen LogP contribution < -0.4 is 4.74 Å². The molecule has 1 aliphatic heterocycles. The summed E-state index contributed by atoms with van der Waals surface area (Å²) in [5.41, 5.74) is 0.640. The number of para-hydroxylation sites is 1. The number of hydrogen-bond donors (Lipinski definition) is 0. The molecule has 1 fully saturated rings. The summed E-state index contributed by atoms with van der Waals surface area (Å²) in [5.74, 6) is 1.26. The van der Waals surface area contributed by atoms with E-state index in [-0.39, 0.29) is 24.2 Å². The van der Waals surface area contributed by atoms with Gasteiger partial charge >= 0.3 is 0 Å². The molecule has 0 aliphatic carbocycles. The molecule has 0 unspecified atom stereocenters. The Morgan fingerprint density at radius 3 is 2.52 bits per heavy atom. The molecule has 0 spiro atoms. The van der Waals surface area contributed by atoms with E-state index >= 15 is 0 Å². The van der Waals surface area contributed by atoms with Gasteiger partial charge in [0.1, 0.15) is 30.7 Å². The molecule has 4 rings (SSSR count). The summed E-state index contributed by atoms with van der Waals surface area (Å²) in [5, 5.41) is 3.97. The third kappa shape index (κ3) is 4.68. The Kier molecular flexibility index (Phi) is 5.65. The molecule has 7 heteroatoms. The first-order valence-corrected chi connectivity index (χ1v) is 9.66. The van der Waals surface area contributed by atoms with Gasteiger partial charge in [0.15, 0.2) is 5.78 Å². The number of piperidine rings is 1. The van der Waals surface area contributed by atoms with E-state index in [1.165, 1.54) is 17.3 Å². The molecule has 0 N–H and O–H groups in total. The van der Waals surface area contributed by atoms with Crippen LogP contribution in [0.2, 0.25) is 0 Å². The lowest BCUT2D eigenvalue weighted by atomic mass is 9.90. The zero-order chi connectivity index (χ0) is 20.1. The summed E-state index contributed by atoms with van der Waals surface area (Å²) in [6, 6.07) is 16.7. The van der Waals surface area contributed by atoms with Crippen LogP contribution in [0.25, 0.3) is 0 Å². The van der Waals surface area contributed by atoms with Crippen LogP contribution in [0.5, 0.6) is 11.5 Å². The average molecular weight is 390 g/mol. The summed E-state index contributed by atoms with van der Waals surface area (Å²) < 4.78 is 7.28. The molecule has 1 atom stereocenters. The Hall–Kier alpha value is -3.48. The Morgan fingerprint density at radius 2 is 1.79 bits per heavy atom. The fourth-order valence-corrected chi connectivity index (χ4v) is 3.52. The fraction of sp³-hybridized carbons (Fsp3) is 0.273. The smallest absolute Gasteiger partial charge is 0.244 e. The maximum Gasteiger partial charge on any atom is 0.244 e. The molecule has 1 aromatic heterocycles. The Morgan fingerprint density at radius 1 is 1.03 bits per heavy atom. The topological polar surface area (TPSA) is 77.3 Å². The molecule has 1 saturated heterocycles. The van der Waals surface area contributed by atoms with Gasteiger partial charge in [-0.15, -0.1) is 0 Å². The van der Waals surface area contributed by atoms with Gasteiger partial charge in [0, 0.05) is 24.6 Å². The van der Waals surface area contributed by atoms with E-state index in [1.807, 2.05) is 30.3 Å². The second kappa shape index (κ2) is 8.68. The van der Waals surface area contributed by atoms with Crippen molar-refractivity contribution in [1.82, 2.24) is 19.7 Å². The van der Waals surface area contributed by atoms with Crippen LogP contribution >= 0.6 is 0 Å². The lowest BCUT2D eigenvalue weighted by Gasteiger charge is -2.32. The van der Waals surface area contributed by atoms with Gasteiger partial charge in [0.05, 0.1) is 0 Å². The molecule has 148 valence electrons. The number of hydrogen-bond acceptors (Lipinski definition) is 5. The minimum atomic E-state index is -0.190. The molecule has 1 amide bonds. The number of carbonyl (C=O) groups is 2. The van der Waals surface area contributed by atoms with Crippen molar-refractivity contribution in [2.45, 2.75) is 19.4 Å². The van der Waals surface area contributed by atoms with Crippen molar-refractivity contribution in [2.75, 3.05) is 13.1 Å². The van der Waals surface area contributed by atoms with Crippen molar-refractivity contribution < 1.29 is 14.3 Å². The number of Topliss-reactive ketones (excluding diaryl/α,β-unsaturated/α-hetero) is 1. The number of carbonyl (C=O) groups excluding carboxylic acids is 2. The summed E-state index contributed by atoms with van der Waals surface area (Å²) in [7, 11) is 0. The third-order valence-corrected chi connectivity index (χ3v) is 5.03. The van der Waals surface area contributed by atoms with E-state index in [1.54, 1.807) is 29.2 Å². The summed E-state index contributed by atoms with van der Waals surface area (Å²) in [6.07, 6.45) is 4.52. The Balaban J connectivity index is 1.37. The lowest BCUT2D eigenvalue weighted by molar-refractivity contribution is -0.133. The summed E-state index contributed by atoms with van der Waals surface area (Å²) >= 11 is 0. The van der Waals surface area contributed by atoms with Gasteiger partial charge < -0.3 is 9.64 Å². The Labute approximate surface area is 168 Å². The first kappa shape index (κ1) is 18.9. The van der Waals surface area contributed by atoms with Crippen LogP contribution in [0.15, 0.2) is 67.3 Å². The molecule has 0 radical (unpaired) electrons. The van der Waals surface area contributed by atoms with Gasteiger partial charge in [-0.3, -0.25) is 9.59 Å². The highest BCUT2D eigenvalue weighted by Gasteiger charge is 2.29.